The Hall–Kier alpha value is -2.33. The number of ether oxygens (including phenoxy) is 1. The molecular weight excluding hydrogens is 340 g/mol. The normalized spacial score (nSPS) is 11.2. The van der Waals surface area contributed by atoms with Crippen LogP contribution < -0.4 is 4.74 Å². The van der Waals surface area contributed by atoms with E-state index in [1.54, 1.807) is 50.2 Å². The number of ketones is 2. The number of hydrogen-bond donors (Lipinski definition) is 1. The third-order valence-corrected chi connectivity index (χ3v) is 4.51. The third-order valence-electron chi connectivity index (χ3n) is 4.26. The smallest absolute Gasteiger partial charge is 0.175 e. The molecule has 0 aliphatic heterocycles. The summed E-state index contributed by atoms with van der Waals surface area (Å²) in [5, 5.41) is 10.2. The van der Waals surface area contributed by atoms with Gasteiger partial charge in [-0.25, -0.2) is 0 Å². The average Bonchev–Trinajstić information content (AvgIpc) is 2.60. The van der Waals surface area contributed by atoms with Crippen LogP contribution in [0.3, 0.4) is 0 Å². The lowest BCUT2D eigenvalue weighted by atomic mass is 9.78. The number of carbonyl (C=O) groups is 2. The molecule has 0 spiro atoms. The first-order valence-electron chi connectivity index (χ1n) is 7.95. The molecule has 0 aliphatic rings. The highest BCUT2D eigenvalue weighted by Gasteiger charge is 2.35. The van der Waals surface area contributed by atoms with Crippen LogP contribution in [-0.2, 0) is 11.2 Å². The largest absolute Gasteiger partial charge is 0.504 e. The number of carbonyl (C=O) groups excluding carboxylic acids is 2. The minimum atomic E-state index is -1.12. The number of methoxy groups -OCH3 is 1. The average molecular weight is 361 g/mol. The summed E-state index contributed by atoms with van der Waals surface area (Å²) in [4.78, 5) is 25.3. The van der Waals surface area contributed by atoms with Crippen LogP contribution in [0.15, 0.2) is 42.5 Å². The first-order chi connectivity index (χ1) is 11.8. The predicted molar refractivity (Wildman–Crippen MR) is 97.6 cm³/mol. The standard InChI is InChI=1S/C20H21ClO4/c1-20(2,19(24)14-6-8-15(21)9-7-14)18(23)11-5-13-4-10-16(22)17(12-13)25-3/h4,6-10,12,22H,5,11H2,1-3H3. The molecule has 0 aromatic heterocycles. The Morgan fingerprint density at radius 2 is 1.76 bits per heavy atom. The van der Waals surface area contributed by atoms with Gasteiger partial charge in [-0.2, -0.15) is 0 Å². The third kappa shape index (κ3) is 4.40. The number of hydrogen-bond acceptors (Lipinski definition) is 4. The summed E-state index contributed by atoms with van der Waals surface area (Å²) in [5.74, 6) is 0.0502. The minimum Gasteiger partial charge on any atom is -0.504 e. The summed E-state index contributed by atoms with van der Waals surface area (Å²) in [6, 6.07) is 11.5. The van der Waals surface area contributed by atoms with Crippen molar-refractivity contribution >= 4 is 23.2 Å². The van der Waals surface area contributed by atoms with Gasteiger partial charge in [0.15, 0.2) is 17.3 Å². The molecule has 0 aliphatic carbocycles. The van der Waals surface area contributed by atoms with Gasteiger partial charge in [-0.1, -0.05) is 17.7 Å². The van der Waals surface area contributed by atoms with Crippen molar-refractivity contribution in [3.05, 3.63) is 58.6 Å². The Morgan fingerprint density at radius 3 is 2.36 bits per heavy atom. The summed E-state index contributed by atoms with van der Waals surface area (Å²) in [6.07, 6.45) is 0.688. The zero-order valence-corrected chi connectivity index (χ0v) is 15.3. The SMILES string of the molecule is COc1cc(CCC(=O)C(C)(C)C(=O)c2ccc(Cl)cc2)ccc1O. The molecule has 2 aromatic rings. The fourth-order valence-electron chi connectivity index (χ4n) is 2.54. The van der Waals surface area contributed by atoms with Crippen LogP contribution in [0.5, 0.6) is 11.5 Å². The van der Waals surface area contributed by atoms with Gasteiger partial charge in [0.25, 0.3) is 0 Å². The topological polar surface area (TPSA) is 63.6 Å². The van der Waals surface area contributed by atoms with Gasteiger partial charge in [-0.3, -0.25) is 9.59 Å². The van der Waals surface area contributed by atoms with E-state index in [2.05, 4.69) is 0 Å². The van der Waals surface area contributed by atoms with Crippen LogP contribution in [0.25, 0.3) is 0 Å². The molecule has 0 saturated carbocycles. The summed E-state index contributed by atoms with van der Waals surface area (Å²) in [6.45, 7) is 3.29. The van der Waals surface area contributed by atoms with Crippen LogP contribution in [0.2, 0.25) is 5.02 Å². The zero-order valence-electron chi connectivity index (χ0n) is 14.5. The Morgan fingerprint density at radius 1 is 1.12 bits per heavy atom. The fourth-order valence-corrected chi connectivity index (χ4v) is 2.66. The number of phenolic OH excluding ortho intramolecular Hbond substituents is 1. The van der Waals surface area contributed by atoms with Crippen LogP contribution in [-0.4, -0.2) is 23.8 Å². The molecular formula is C20H21ClO4. The molecule has 25 heavy (non-hydrogen) atoms. The number of halogens is 1. The Kier molecular flexibility index (Phi) is 5.85. The monoisotopic (exact) mass is 360 g/mol. The van der Waals surface area contributed by atoms with E-state index in [1.165, 1.54) is 13.2 Å². The van der Waals surface area contributed by atoms with Gasteiger partial charge in [0.05, 0.1) is 12.5 Å². The van der Waals surface area contributed by atoms with Gasteiger partial charge in [0.2, 0.25) is 0 Å². The van der Waals surface area contributed by atoms with E-state index >= 15 is 0 Å². The lowest BCUT2D eigenvalue weighted by Gasteiger charge is -2.22. The van der Waals surface area contributed by atoms with E-state index in [4.69, 9.17) is 16.3 Å². The maximum atomic E-state index is 12.7. The first kappa shape index (κ1) is 19.0. The Bertz CT molecular complexity index is 779. The number of benzene rings is 2. The molecule has 5 heteroatoms. The maximum Gasteiger partial charge on any atom is 0.175 e. The summed E-state index contributed by atoms with van der Waals surface area (Å²) in [5.41, 5.74) is 0.210. The van der Waals surface area contributed by atoms with Crippen molar-refractivity contribution in [2.75, 3.05) is 7.11 Å². The quantitative estimate of drug-likeness (QED) is 0.584. The molecule has 0 bridgehead atoms. The second-order valence-corrected chi connectivity index (χ2v) is 6.83. The summed E-state index contributed by atoms with van der Waals surface area (Å²) < 4.78 is 5.07. The van der Waals surface area contributed by atoms with E-state index in [0.717, 1.165) is 5.56 Å². The fraction of sp³-hybridized carbons (Fsp3) is 0.300. The molecule has 2 aromatic carbocycles. The van der Waals surface area contributed by atoms with Crippen molar-refractivity contribution in [3.63, 3.8) is 0 Å². The molecule has 2 rings (SSSR count). The molecule has 132 valence electrons. The number of rotatable bonds is 7. The highest BCUT2D eigenvalue weighted by molar-refractivity contribution is 6.30. The van der Waals surface area contributed by atoms with Gasteiger partial charge in [0, 0.05) is 17.0 Å². The number of aromatic hydroxyl groups is 1. The van der Waals surface area contributed by atoms with Crippen molar-refractivity contribution in [1.82, 2.24) is 0 Å². The molecule has 4 nitrogen and oxygen atoms in total. The minimum absolute atomic E-state index is 0.0517. The Labute approximate surface area is 152 Å². The van der Waals surface area contributed by atoms with E-state index < -0.39 is 5.41 Å². The lowest BCUT2D eigenvalue weighted by molar-refractivity contribution is -0.124. The number of Topliss-reactive ketones (excluding diaryl/α,β-unsaturated/α-hetero) is 2. The molecule has 0 saturated heterocycles. The summed E-state index contributed by atoms with van der Waals surface area (Å²) >= 11 is 5.84. The molecule has 0 heterocycles. The highest BCUT2D eigenvalue weighted by atomic mass is 35.5. The predicted octanol–water partition coefficient (Wildman–Crippen LogP) is 4.47. The second kappa shape index (κ2) is 7.70. The van der Waals surface area contributed by atoms with Crippen molar-refractivity contribution < 1.29 is 19.4 Å². The van der Waals surface area contributed by atoms with Crippen molar-refractivity contribution in [2.24, 2.45) is 5.41 Å². The van der Waals surface area contributed by atoms with E-state index in [0.29, 0.717) is 22.8 Å². The van der Waals surface area contributed by atoms with Gasteiger partial charge in [0.1, 0.15) is 5.78 Å². The van der Waals surface area contributed by atoms with Gasteiger partial charge >= 0.3 is 0 Å². The van der Waals surface area contributed by atoms with Crippen LogP contribution in [0.1, 0.15) is 36.2 Å². The molecule has 0 amide bonds. The molecule has 1 N–H and O–H groups in total. The molecule has 0 fully saturated rings. The highest BCUT2D eigenvalue weighted by Crippen LogP contribution is 2.29. The van der Waals surface area contributed by atoms with E-state index in [9.17, 15) is 14.7 Å². The summed E-state index contributed by atoms with van der Waals surface area (Å²) in [7, 11) is 1.47. The van der Waals surface area contributed by atoms with Crippen LogP contribution >= 0.6 is 11.6 Å². The Balaban J connectivity index is 2.08. The van der Waals surface area contributed by atoms with Gasteiger partial charge < -0.3 is 9.84 Å². The number of phenols is 1. The first-order valence-corrected chi connectivity index (χ1v) is 8.33. The number of aryl methyl sites for hydroxylation is 1. The maximum absolute atomic E-state index is 12.7. The van der Waals surface area contributed by atoms with Crippen molar-refractivity contribution in [1.29, 1.82) is 0 Å². The van der Waals surface area contributed by atoms with Crippen LogP contribution in [0, 0.1) is 5.41 Å². The van der Waals surface area contributed by atoms with Crippen molar-refractivity contribution in [2.45, 2.75) is 26.7 Å². The van der Waals surface area contributed by atoms with Crippen LogP contribution in [0.4, 0.5) is 0 Å². The van der Waals surface area contributed by atoms with E-state index in [1.807, 2.05) is 0 Å². The van der Waals surface area contributed by atoms with Gasteiger partial charge in [-0.15, -0.1) is 0 Å². The van der Waals surface area contributed by atoms with Crippen molar-refractivity contribution in [3.8, 4) is 11.5 Å². The van der Waals surface area contributed by atoms with E-state index in [-0.39, 0.29) is 23.7 Å². The second-order valence-electron chi connectivity index (χ2n) is 6.39. The zero-order chi connectivity index (χ0) is 18.6. The molecule has 0 atom stereocenters. The molecule has 0 radical (unpaired) electrons. The molecule has 0 unspecified atom stereocenters. The van der Waals surface area contributed by atoms with Gasteiger partial charge in [-0.05, 0) is 62.2 Å². The lowest BCUT2D eigenvalue weighted by Crippen LogP contribution is -2.33.